The lowest BCUT2D eigenvalue weighted by Crippen LogP contribution is -2.05. The minimum Gasteiger partial charge on any atom is -0.366 e. The Morgan fingerprint density at radius 3 is 2.47 bits per heavy atom. The quantitative estimate of drug-likeness (QED) is 0.708. The van der Waals surface area contributed by atoms with Crippen LogP contribution in [0.3, 0.4) is 0 Å². The summed E-state index contributed by atoms with van der Waals surface area (Å²) in [5, 5.41) is 0. The molecule has 0 aromatic heterocycles. The maximum absolute atomic E-state index is 5.20. The first-order valence-corrected chi connectivity index (χ1v) is 5.13. The lowest BCUT2D eigenvalue weighted by Gasteiger charge is -2.20. The van der Waals surface area contributed by atoms with Crippen molar-refractivity contribution < 1.29 is 4.74 Å². The fraction of sp³-hybridized carbons (Fsp3) is 0.214. The van der Waals surface area contributed by atoms with E-state index in [1.807, 2.05) is 12.1 Å². The highest BCUT2D eigenvalue weighted by molar-refractivity contribution is 5.40. The first kappa shape index (κ1) is 10.2. The van der Waals surface area contributed by atoms with Crippen molar-refractivity contribution in [1.82, 2.24) is 0 Å². The zero-order valence-electron chi connectivity index (χ0n) is 9.10. The van der Waals surface area contributed by atoms with Crippen molar-refractivity contribution in [3.63, 3.8) is 0 Å². The number of hydrogen-bond donors (Lipinski definition) is 0. The molecule has 15 heavy (non-hydrogen) atoms. The molecule has 1 aliphatic carbocycles. The summed E-state index contributed by atoms with van der Waals surface area (Å²) in [6.45, 7) is 2.14. The van der Waals surface area contributed by atoms with Crippen LogP contribution in [0, 0.1) is 6.10 Å². The van der Waals surface area contributed by atoms with Gasteiger partial charge in [-0.05, 0) is 24.6 Å². The number of rotatable bonds is 2. The second-order valence-electron chi connectivity index (χ2n) is 3.74. The fourth-order valence-electron chi connectivity index (χ4n) is 1.87. The Labute approximate surface area is 91.1 Å². The molecule has 0 spiro atoms. The molecule has 1 radical (unpaired) electrons. The van der Waals surface area contributed by atoms with Gasteiger partial charge in [-0.3, -0.25) is 0 Å². The largest absolute Gasteiger partial charge is 0.366 e. The van der Waals surface area contributed by atoms with E-state index in [1.165, 1.54) is 11.1 Å². The minimum absolute atomic E-state index is 0.394. The second kappa shape index (κ2) is 4.45. The molecule has 1 aliphatic rings. The van der Waals surface area contributed by atoms with Crippen molar-refractivity contribution >= 4 is 0 Å². The predicted molar refractivity (Wildman–Crippen MR) is 62.3 cm³/mol. The van der Waals surface area contributed by atoms with Crippen molar-refractivity contribution in [2.75, 3.05) is 7.11 Å². The highest BCUT2D eigenvalue weighted by Gasteiger charge is 2.16. The summed E-state index contributed by atoms with van der Waals surface area (Å²) < 4.78 is 5.20. The molecule has 77 valence electrons. The van der Waals surface area contributed by atoms with E-state index in [2.05, 4.69) is 43.3 Å². The van der Waals surface area contributed by atoms with Crippen molar-refractivity contribution in [3.8, 4) is 0 Å². The van der Waals surface area contributed by atoms with Gasteiger partial charge in [-0.1, -0.05) is 42.0 Å². The monoisotopic (exact) mass is 199 g/mol. The van der Waals surface area contributed by atoms with Gasteiger partial charge < -0.3 is 4.74 Å². The Kier molecular flexibility index (Phi) is 3.02. The number of ether oxygens (including phenoxy) is 1. The highest BCUT2D eigenvalue weighted by atomic mass is 16.5. The van der Waals surface area contributed by atoms with Gasteiger partial charge in [0.05, 0.1) is 0 Å². The smallest absolute Gasteiger partial charge is 0.140 e. The number of methoxy groups -OCH3 is 1. The molecule has 0 fully saturated rings. The Morgan fingerprint density at radius 2 is 1.87 bits per heavy atom. The van der Waals surface area contributed by atoms with Crippen LogP contribution in [0.4, 0.5) is 0 Å². The molecule has 1 unspecified atom stereocenters. The maximum atomic E-state index is 5.20. The lowest BCUT2D eigenvalue weighted by molar-refractivity contribution is 0.255. The van der Waals surface area contributed by atoms with E-state index in [1.54, 1.807) is 7.11 Å². The molecule has 1 aromatic carbocycles. The Morgan fingerprint density at radius 1 is 1.13 bits per heavy atom. The van der Waals surface area contributed by atoms with Crippen molar-refractivity contribution in [3.05, 3.63) is 65.8 Å². The van der Waals surface area contributed by atoms with E-state index in [-0.39, 0.29) is 0 Å². The van der Waals surface area contributed by atoms with Crippen LogP contribution in [0.2, 0.25) is 0 Å². The molecule has 0 saturated heterocycles. The van der Waals surface area contributed by atoms with Crippen molar-refractivity contribution in [1.29, 1.82) is 0 Å². The van der Waals surface area contributed by atoms with Crippen molar-refractivity contribution in [2.45, 2.75) is 12.8 Å². The van der Waals surface area contributed by atoms with Crippen LogP contribution in [-0.2, 0) is 4.74 Å². The number of allylic oxidation sites excluding steroid dienone is 2. The molecule has 0 aliphatic heterocycles. The van der Waals surface area contributed by atoms with Gasteiger partial charge in [-0.2, -0.15) is 0 Å². The molecule has 0 N–H and O–H groups in total. The third-order valence-electron chi connectivity index (χ3n) is 2.71. The van der Waals surface area contributed by atoms with Crippen LogP contribution >= 0.6 is 0 Å². The molecule has 2 rings (SSSR count). The van der Waals surface area contributed by atoms with Gasteiger partial charge in [0.15, 0.2) is 0 Å². The molecule has 0 heterocycles. The summed E-state index contributed by atoms with van der Waals surface area (Å²) in [6, 6.07) is 10.5. The molecule has 0 amide bonds. The molecule has 1 heteroatoms. The van der Waals surface area contributed by atoms with E-state index >= 15 is 0 Å². The summed E-state index contributed by atoms with van der Waals surface area (Å²) in [5.74, 6) is 0.394. The summed E-state index contributed by atoms with van der Waals surface area (Å²) in [7, 11) is 1.70. The average Bonchev–Trinajstić information content (AvgIpc) is 2.30. The molecular weight excluding hydrogens is 184 g/mol. The minimum atomic E-state index is 0.394. The second-order valence-corrected chi connectivity index (χ2v) is 3.74. The van der Waals surface area contributed by atoms with E-state index in [0.717, 1.165) is 6.10 Å². The molecule has 0 bridgehead atoms. The third kappa shape index (κ3) is 2.18. The molecule has 1 nitrogen and oxygen atoms in total. The standard InChI is InChI=1S/C14H15O/c1-11-10-13(15-2)8-9-14(11)12-6-4-3-5-7-12/h3-10,14H,1-2H3. The topological polar surface area (TPSA) is 9.23 Å². The first-order chi connectivity index (χ1) is 7.31. The Hall–Kier alpha value is -1.34. The van der Waals surface area contributed by atoms with Gasteiger partial charge >= 0.3 is 0 Å². The zero-order chi connectivity index (χ0) is 10.7. The van der Waals surface area contributed by atoms with Crippen LogP contribution in [0.15, 0.2) is 54.1 Å². The predicted octanol–water partition coefficient (Wildman–Crippen LogP) is 3.46. The van der Waals surface area contributed by atoms with Crippen LogP contribution in [0.5, 0.6) is 0 Å². The zero-order valence-corrected chi connectivity index (χ0v) is 9.10. The summed E-state index contributed by atoms with van der Waals surface area (Å²) in [6.07, 6.45) is 7.24. The Bertz CT molecular complexity index is 376. The average molecular weight is 199 g/mol. The van der Waals surface area contributed by atoms with E-state index in [0.29, 0.717) is 5.92 Å². The highest BCUT2D eigenvalue weighted by Crippen LogP contribution is 2.31. The van der Waals surface area contributed by atoms with Gasteiger partial charge in [0, 0.05) is 13.0 Å². The van der Waals surface area contributed by atoms with Crippen LogP contribution in [0.1, 0.15) is 18.4 Å². The van der Waals surface area contributed by atoms with E-state index < -0.39 is 0 Å². The van der Waals surface area contributed by atoms with Gasteiger partial charge in [0.1, 0.15) is 6.10 Å². The van der Waals surface area contributed by atoms with Crippen molar-refractivity contribution in [2.24, 2.45) is 0 Å². The fourth-order valence-corrected chi connectivity index (χ4v) is 1.87. The SMILES string of the molecule is CO[C]1C=CC(c2ccccc2)C(C)=C1. The van der Waals surface area contributed by atoms with Gasteiger partial charge in [0.2, 0.25) is 0 Å². The summed E-state index contributed by atoms with van der Waals surface area (Å²) in [5.41, 5.74) is 2.65. The van der Waals surface area contributed by atoms with E-state index in [4.69, 9.17) is 4.74 Å². The first-order valence-electron chi connectivity index (χ1n) is 5.13. The lowest BCUT2D eigenvalue weighted by atomic mass is 9.87. The van der Waals surface area contributed by atoms with Gasteiger partial charge in [0.25, 0.3) is 0 Å². The van der Waals surface area contributed by atoms with Gasteiger partial charge in [-0.25, -0.2) is 0 Å². The van der Waals surface area contributed by atoms with E-state index in [9.17, 15) is 0 Å². The van der Waals surface area contributed by atoms with Crippen LogP contribution in [0.25, 0.3) is 0 Å². The van der Waals surface area contributed by atoms with Crippen LogP contribution in [-0.4, -0.2) is 7.11 Å². The third-order valence-corrected chi connectivity index (χ3v) is 2.71. The molecular formula is C14H15O. The maximum Gasteiger partial charge on any atom is 0.140 e. The molecule has 1 atom stereocenters. The number of benzene rings is 1. The number of hydrogen-bond acceptors (Lipinski definition) is 1. The normalized spacial score (nSPS) is 21.5. The molecule has 0 saturated carbocycles. The molecule has 1 aromatic rings. The van der Waals surface area contributed by atoms with Gasteiger partial charge in [-0.15, -0.1) is 0 Å². The van der Waals surface area contributed by atoms with Crippen LogP contribution < -0.4 is 0 Å². The Balaban J connectivity index is 2.23. The summed E-state index contributed by atoms with van der Waals surface area (Å²) in [4.78, 5) is 0. The summed E-state index contributed by atoms with van der Waals surface area (Å²) >= 11 is 0.